The van der Waals surface area contributed by atoms with Crippen molar-refractivity contribution in [1.82, 2.24) is 10.3 Å². The zero-order chi connectivity index (χ0) is 14.7. The van der Waals surface area contributed by atoms with Crippen molar-refractivity contribution in [1.29, 1.82) is 0 Å². The summed E-state index contributed by atoms with van der Waals surface area (Å²) in [5.41, 5.74) is 5.35. The standard InChI is InChI=1S/C18H22N2O/c1-13(21)19-12-6-9-14-15-7-2-4-10-17(15)20-18-11-5-3-8-16(14)18/h2,4,7,10H,3,5-6,8-9,11-12H2,1H3,(H,19,21). The third-order valence-electron chi connectivity index (χ3n) is 4.27. The van der Waals surface area contributed by atoms with E-state index in [1.165, 1.54) is 35.0 Å². The average molecular weight is 282 g/mol. The summed E-state index contributed by atoms with van der Waals surface area (Å²) in [7, 11) is 0. The molecule has 21 heavy (non-hydrogen) atoms. The highest BCUT2D eigenvalue weighted by molar-refractivity contribution is 5.83. The van der Waals surface area contributed by atoms with Crippen molar-refractivity contribution in [2.24, 2.45) is 0 Å². The van der Waals surface area contributed by atoms with E-state index in [0.29, 0.717) is 0 Å². The molecule has 1 aliphatic carbocycles. The smallest absolute Gasteiger partial charge is 0.216 e. The molecule has 1 heterocycles. The van der Waals surface area contributed by atoms with Crippen LogP contribution in [-0.4, -0.2) is 17.4 Å². The van der Waals surface area contributed by atoms with Crippen molar-refractivity contribution >= 4 is 16.8 Å². The summed E-state index contributed by atoms with van der Waals surface area (Å²) in [6.45, 7) is 2.32. The number of carbonyl (C=O) groups is 1. The quantitative estimate of drug-likeness (QED) is 0.875. The number of aromatic nitrogens is 1. The van der Waals surface area contributed by atoms with E-state index in [9.17, 15) is 4.79 Å². The first kappa shape index (κ1) is 14.1. The molecule has 0 bridgehead atoms. The summed E-state index contributed by atoms with van der Waals surface area (Å²) >= 11 is 0. The van der Waals surface area contributed by atoms with E-state index in [1.807, 2.05) is 0 Å². The zero-order valence-electron chi connectivity index (χ0n) is 12.6. The van der Waals surface area contributed by atoms with Gasteiger partial charge in [0, 0.05) is 24.5 Å². The number of para-hydroxylation sites is 1. The van der Waals surface area contributed by atoms with Crippen LogP contribution >= 0.6 is 0 Å². The molecule has 110 valence electrons. The van der Waals surface area contributed by atoms with Gasteiger partial charge in [0.15, 0.2) is 0 Å². The van der Waals surface area contributed by atoms with Gasteiger partial charge in [0.05, 0.1) is 5.52 Å². The second-order valence-electron chi connectivity index (χ2n) is 5.83. The Morgan fingerprint density at radius 2 is 2.05 bits per heavy atom. The molecule has 1 aromatic carbocycles. The molecule has 0 radical (unpaired) electrons. The van der Waals surface area contributed by atoms with E-state index in [0.717, 1.165) is 37.7 Å². The van der Waals surface area contributed by atoms with E-state index in [-0.39, 0.29) is 5.91 Å². The molecule has 0 saturated carbocycles. The van der Waals surface area contributed by atoms with Gasteiger partial charge in [0.1, 0.15) is 0 Å². The first-order chi connectivity index (χ1) is 10.3. The van der Waals surface area contributed by atoms with Gasteiger partial charge in [-0.3, -0.25) is 9.78 Å². The number of nitrogens with zero attached hydrogens (tertiary/aromatic N) is 1. The number of benzene rings is 1. The highest BCUT2D eigenvalue weighted by Crippen LogP contribution is 2.29. The van der Waals surface area contributed by atoms with Gasteiger partial charge >= 0.3 is 0 Å². The van der Waals surface area contributed by atoms with E-state index in [2.05, 4.69) is 29.6 Å². The van der Waals surface area contributed by atoms with Crippen LogP contribution in [0.1, 0.15) is 43.0 Å². The van der Waals surface area contributed by atoms with E-state index in [4.69, 9.17) is 4.98 Å². The molecule has 0 aliphatic heterocycles. The number of carbonyl (C=O) groups excluding carboxylic acids is 1. The molecule has 1 aliphatic rings. The molecule has 3 rings (SSSR count). The molecule has 3 heteroatoms. The maximum absolute atomic E-state index is 11.0. The van der Waals surface area contributed by atoms with Crippen molar-refractivity contribution in [2.45, 2.75) is 45.4 Å². The number of amides is 1. The SMILES string of the molecule is CC(=O)NCCCc1c2c(nc3ccccc13)CCCC2. The molecule has 0 fully saturated rings. The predicted octanol–water partition coefficient (Wildman–Crippen LogP) is 3.18. The van der Waals surface area contributed by atoms with Crippen molar-refractivity contribution in [3.05, 3.63) is 41.1 Å². The van der Waals surface area contributed by atoms with Gasteiger partial charge in [-0.05, 0) is 55.7 Å². The Balaban J connectivity index is 1.92. The number of rotatable bonds is 4. The molecule has 1 N–H and O–H groups in total. The Labute approximate surface area is 125 Å². The number of hydrogen-bond donors (Lipinski definition) is 1. The fraction of sp³-hybridized carbons (Fsp3) is 0.444. The van der Waals surface area contributed by atoms with Crippen LogP contribution in [0.3, 0.4) is 0 Å². The maximum Gasteiger partial charge on any atom is 0.216 e. The second kappa shape index (κ2) is 6.25. The Morgan fingerprint density at radius 3 is 2.90 bits per heavy atom. The van der Waals surface area contributed by atoms with E-state index in [1.54, 1.807) is 6.92 Å². The Bertz CT molecular complexity index is 664. The molecule has 1 aromatic heterocycles. The Kier molecular flexibility index (Phi) is 4.18. The largest absolute Gasteiger partial charge is 0.356 e. The fourth-order valence-corrected chi connectivity index (χ4v) is 3.29. The summed E-state index contributed by atoms with van der Waals surface area (Å²) in [6.07, 6.45) is 6.79. The molecule has 0 spiro atoms. The molecule has 3 nitrogen and oxygen atoms in total. The lowest BCUT2D eigenvalue weighted by molar-refractivity contribution is -0.118. The van der Waals surface area contributed by atoms with Crippen LogP contribution in [0.4, 0.5) is 0 Å². The Hall–Kier alpha value is -1.90. The summed E-state index contributed by atoms with van der Waals surface area (Å²) in [4.78, 5) is 15.8. The number of pyridine rings is 1. The van der Waals surface area contributed by atoms with Crippen LogP contribution in [0.5, 0.6) is 0 Å². The zero-order valence-corrected chi connectivity index (χ0v) is 12.6. The lowest BCUT2D eigenvalue weighted by atomic mass is 9.88. The third kappa shape index (κ3) is 3.07. The number of hydrogen-bond acceptors (Lipinski definition) is 2. The summed E-state index contributed by atoms with van der Waals surface area (Å²) in [5.74, 6) is 0.0524. The molecule has 1 amide bonds. The predicted molar refractivity (Wildman–Crippen MR) is 85.4 cm³/mol. The molecule has 0 atom stereocenters. The molecule has 0 saturated heterocycles. The molecular formula is C18H22N2O. The van der Waals surface area contributed by atoms with Crippen LogP contribution in [0.15, 0.2) is 24.3 Å². The van der Waals surface area contributed by atoms with Crippen molar-refractivity contribution in [2.75, 3.05) is 6.54 Å². The molecule has 2 aromatic rings. The molecular weight excluding hydrogens is 260 g/mol. The molecule has 0 unspecified atom stereocenters. The number of aryl methyl sites for hydroxylation is 2. The van der Waals surface area contributed by atoms with Gasteiger partial charge in [0.2, 0.25) is 5.91 Å². The topological polar surface area (TPSA) is 42.0 Å². The van der Waals surface area contributed by atoms with Gasteiger partial charge in [0.25, 0.3) is 0 Å². The summed E-state index contributed by atoms with van der Waals surface area (Å²) in [5, 5.41) is 4.18. The summed E-state index contributed by atoms with van der Waals surface area (Å²) < 4.78 is 0. The van der Waals surface area contributed by atoms with Gasteiger partial charge in [-0.1, -0.05) is 18.2 Å². The monoisotopic (exact) mass is 282 g/mol. The van der Waals surface area contributed by atoms with Crippen LogP contribution < -0.4 is 5.32 Å². The highest BCUT2D eigenvalue weighted by Gasteiger charge is 2.17. The van der Waals surface area contributed by atoms with Crippen molar-refractivity contribution < 1.29 is 4.79 Å². The second-order valence-corrected chi connectivity index (χ2v) is 5.83. The number of fused-ring (bicyclic) bond motifs is 2. The minimum absolute atomic E-state index is 0.0524. The van der Waals surface area contributed by atoms with Crippen molar-refractivity contribution in [3.63, 3.8) is 0 Å². The Morgan fingerprint density at radius 1 is 1.24 bits per heavy atom. The van der Waals surface area contributed by atoms with Gasteiger partial charge in [-0.15, -0.1) is 0 Å². The minimum Gasteiger partial charge on any atom is -0.356 e. The van der Waals surface area contributed by atoms with E-state index < -0.39 is 0 Å². The van der Waals surface area contributed by atoms with Crippen LogP contribution in [0.2, 0.25) is 0 Å². The minimum atomic E-state index is 0.0524. The lowest BCUT2D eigenvalue weighted by Crippen LogP contribution is -2.21. The van der Waals surface area contributed by atoms with Crippen LogP contribution in [-0.2, 0) is 24.1 Å². The highest BCUT2D eigenvalue weighted by atomic mass is 16.1. The lowest BCUT2D eigenvalue weighted by Gasteiger charge is -2.21. The first-order valence-electron chi connectivity index (χ1n) is 7.89. The van der Waals surface area contributed by atoms with Gasteiger partial charge < -0.3 is 5.32 Å². The summed E-state index contributed by atoms with van der Waals surface area (Å²) in [6, 6.07) is 8.45. The average Bonchev–Trinajstić information content (AvgIpc) is 2.50. The maximum atomic E-state index is 11.0. The van der Waals surface area contributed by atoms with Gasteiger partial charge in [-0.2, -0.15) is 0 Å². The van der Waals surface area contributed by atoms with E-state index >= 15 is 0 Å². The van der Waals surface area contributed by atoms with Crippen molar-refractivity contribution in [3.8, 4) is 0 Å². The normalized spacial score (nSPS) is 14.0. The van der Waals surface area contributed by atoms with Crippen LogP contribution in [0.25, 0.3) is 10.9 Å². The first-order valence-corrected chi connectivity index (χ1v) is 7.89. The third-order valence-corrected chi connectivity index (χ3v) is 4.27. The van der Waals surface area contributed by atoms with Crippen LogP contribution in [0, 0.1) is 0 Å². The number of nitrogens with one attached hydrogen (secondary N) is 1. The van der Waals surface area contributed by atoms with Gasteiger partial charge in [-0.25, -0.2) is 0 Å². The fourth-order valence-electron chi connectivity index (χ4n) is 3.29.